The summed E-state index contributed by atoms with van der Waals surface area (Å²) < 4.78 is 0. The predicted molar refractivity (Wildman–Crippen MR) is 82.9 cm³/mol. The van der Waals surface area contributed by atoms with Crippen molar-refractivity contribution in [3.63, 3.8) is 0 Å². The van der Waals surface area contributed by atoms with Gasteiger partial charge in [-0.1, -0.05) is 46.3 Å². The zero-order chi connectivity index (χ0) is 13.0. The van der Waals surface area contributed by atoms with Crippen LogP contribution < -0.4 is 4.90 Å². The molecule has 0 aliphatic carbocycles. The van der Waals surface area contributed by atoms with Crippen LogP contribution in [0.15, 0.2) is 48.5 Å². The number of anilines is 2. The lowest BCUT2D eigenvalue weighted by molar-refractivity contribution is 1.01. The highest BCUT2D eigenvalue weighted by atomic mass is 79.9. The molecule has 0 radical (unpaired) electrons. The molecule has 0 aliphatic rings. The third-order valence-corrected chi connectivity index (χ3v) is 3.77. The normalized spacial score (nSPS) is 10.4. The van der Waals surface area contributed by atoms with Gasteiger partial charge in [0.15, 0.2) is 0 Å². The minimum atomic E-state index is 0.907. The topological polar surface area (TPSA) is 3.24 Å². The van der Waals surface area contributed by atoms with Crippen LogP contribution in [0.5, 0.6) is 0 Å². The Morgan fingerprint density at radius 1 is 1.00 bits per heavy atom. The summed E-state index contributed by atoms with van der Waals surface area (Å²) in [4.78, 5) is 2.34. The fourth-order valence-electron chi connectivity index (χ4n) is 2.12. The van der Waals surface area contributed by atoms with Crippen LogP contribution in [0, 0.1) is 6.92 Å². The molecule has 0 heterocycles. The number of benzene rings is 2. The molecule has 0 atom stereocenters. The molecule has 0 aliphatic heterocycles. The van der Waals surface area contributed by atoms with E-state index in [0.717, 1.165) is 11.9 Å². The zero-order valence-electron chi connectivity index (χ0n) is 10.9. The smallest absolute Gasteiger partial charge is 0.0440 e. The number of rotatable bonds is 4. The van der Waals surface area contributed by atoms with Gasteiger partial charge in [-0.2, -0.15) is 0 Å². The summed E-state index contributed by atoms with van der Waals surface area (Å²) in [7, 11) is 0. The summed E-state index contributed by atoms with van der Waals surface area (Å²) in [5, 5.41) is 0.907. The van der Waals surface area contributed by atoms with Crippen molar-refractivity contribution >= 4 is 27.3 Å². The molecule has 18 heavy (non-hydrogen) atoms. The molecular formula is C16H18BrN. The average Bonchev–Trinajstić information content (AvgIpc) is 2.42. The molecule has 0 spiro atoms. The SMILES string of the molecule is CCN(c1ccc(CBr)cc1)c1ccccc1C. The lowest BCUT2D eigenvalue weighted by Crippen LogP contribution is -2.16. The molecular weight excluding hydrogens is 286 g/mol. The number of nitrogens with zero attached hydrogens (tertiary/aromatic N) is 1. The second-order valence-corrected chi connectivity index (χ2v) is 4.89. The maximum Gasteiger partial charge on any atom is 0.0440 e. The van der Waals surface area contributed by atoms with Crippen LogP contribution in [0.25, 0.3) is 0 Å². The van der Waals surface area contributed by atoms with E-state index in [1.54, 1.807) is 0 Å². The van der Waals surface area contributed by atoms with E-state index in [2.05, 4.69) is 83.2 Å². The molecule has 0 saturated heterocycles. The van der Waals surface area contributed by atoms with E-state index in [0.29, 0.717) is 0 Å². The van der Waals surface area contributed by atoms with Gasteiger partial charge in [0, 0.05) is 23.2 Å². The van der Waals surface area contributed by atoms with E-state index in [-0.39, 0.29) is 0 Å². The van der Waals surface area contributed by atoms with Crippen molar-refractivity contribution in [2.45, 2.75) is 19.2 Å². The maximum absolute atomic E-state index is 3.48. The summed E-state index contributed by atoms with van der Waals surface area (Å²) in [5.41, 5.74) is 5.14. The van der Waals surface area contributed by atoms with Crippen molar-refractivity contribution in [3.05, 3.63) is 59.7 Å². The number of halogens is 1. The van der Waals surface area contributed by atoms with Gasteiger partial charge in [-0.25, -0.2) is 0 Å². The number of aryl methyl sites for hydroxylation is 1. The highest BCUT2D eigenvalue weighted by Crippen LogP contribution is 2.28. The van der Waals surface area contributed by atoms with Gasteiger partial charge in [0.2, 0.25) is 0 Å². The Labute approximate surface area is 118 Å². The van der Waals surface area contributed by atoms with Gasteiger partial charge in [-0.15, -0.1) is 0 Å². The first-order valence-electron chi connectivity index (χ1n) is 6.24. The van der Waals surface area contributed by atoms with Crippen molar-refractivity contribution in [1.82, 2.24) is 0 Å². The standard InChI is InChI=1S/C16H18BrN/c1-3-18(16-7-5-4-6-13(16)2)15-10-8-14(12-17)9-11-15/h4-11H,3,12H2,1-2H3. The Balaban J connectivity index is 2.36. The lowest BCUT2D eigenvalue weighted by Gasteiger charge is -2.25. The van der Waals surface area contributed by atoms with Crippen LogP contribution in [0.3, 0.4) is 0 Å². The Hall–Kier alpha value is -1.28. The fraction of sp³-hybridized carbons (Fsp3) is 0.250. The highest BCUT2D eigenvalue weighted by molar-refractivity contribution is 9.08. The van der Waals surface area contributed by atoms with Gasteiger partial charge in [-0.3, -0.25) is 0 Å². The number of hydrogen-bond acceptors (Lipinski definition) is 1. The minimum absolute atomic E-state index is 0.907. The summed E-state index contributed by atoms with van der Waals surface area (Å²) >= 11 is 3.48. The van der Waals surface area contributed by atoms with E-state index in [4.69, 9.17) is 0 Å². The zero-order valence-corrected chi connectivity index (χ0v) is 12.4. The van der Waals surface area contributed by atoms with Gasteiger partial charge in [0.05, 0.1) is 0 Å². The summed E-state index contributed by atoms with van der Waals surface area (Å²) in [6.07, 6.45) is 0. The Morgan fingerprint density at radius 3 is 2.22 bits per heavy atom. The summed E-state index contributed by atoms with van der Waals surface area (Å²) in [5.74, 6) is 0. The number of alkyl halides is 1. The monoisotopic (exact) mass is 303 g/mol. The molecule has 2 rings (SSSR count). The van der Waals surface area contributed by atoms with Crippen LogP contribution in [0.2, 0.25) is 0 Å². The van der Waals surface area contributed by atoms with Crippen LogP contribution in [0.4, 0.5) is 11.4 Å². The van der Waals surface area contributed by atoms with Crippen molar-refractivity contribution in [2.75, 3.05) is 11.4 Å². The molecule has 0 fully saturated rings. The molecule has 0 saturated carbocycles. The quantitative estimate of drug-likeness (QED) is 0.715. The summed E-state index contributed by atoms with van der Waals surface area (Å²) in [6.45, 7) is 5.31. The molecule has 2 heteroatoms. The van der Waals surface area contributed by atoms with E-state index in [1.165, 1.54) is 22.5 Å². The summed E-state index contributed by atoms with van der Waals surface area (Å²) in [6, 6.07) is 17.2. The van der Waals surface area contributed by atoms with Crippen molar-refractivity contribution in [2.24, 2.45) is 0 Å². The van der Waals surface area contributed by atoms with Crippen LogP contribution in [-0.4, -0.2) is 6.54 Å². The Morgan fingerprint density at radius 2 is 1.67 bits per heavy atom. The van der Waals surface area contributed by atoms with E-state index in [9.17, 15) is 0 Å². The number of hydrogen-bond donors (Lipinski definition) is 0. The van der Waals surface area contributed by atoms with E-state index < -0.39 is 0 Å². The molecule has 0 amide bonds. The average molecular weight is 304 g/mol. The van der Waals surface area contributed by atoms with E-state index >= 15 is 0 Å². The van der Waals surface area contributed by atoms with Gasteiger partial charge < -0.3 is 4.90 Å². The second-order valence-electron chi connectivity index (χ2n) is 4.33. The third-order valence-electron chi connectivity index (χ3n) is 3.12. The molecule has 2 aromatic carbocycles. The molecule has 0 unspecified atom stereocenters. The maximum atomic E-state index is 3.48. The highest BCUT2D eigenvalue weighted by Gasteiger charge is 2.08. The van der Waals surface area contributed by atoms with Crippen molar-refractivity contribution in [3.8, 4) is 0 Å². The van der Waals surface area contributed by atoms with Gasteiger partial charge in [-0.05, 0) is 43.2 Å². The third kappa shape index (κ3) is 2.75. The molecule has 1 nitrogen and oxygen atoms in total. The van der Waals surface area contributed by atoms with Crippen molar-refractivity contribution in [1.29, 1.82) is 0 Å². The van der Waals surface area contributed by atoms with Crippen molar-refractivity contribution < 1.29 is 0 Å². The van der Waals surface area contributed by atoms with E-state index in [1.807, 2.05) is 0 Å². The Bertz CT molecular complexity index is 505. The number of para-hydroxylation sites is 1. The van der Waals surface area contributed by atoms with Gasteiger partial charge in [0.25, 0.3) is 0 Å². The molecule has 0 aromatic heterocycles. The second kappa shape index (κ2) is 6.05. The largest absolute Gasteiger partial charge is 0.342 e. The fourth-order valence-corrected chi connectivity index (χ4v) is 2.50. The first-order chi connectivity index (χ1) is 8.76. The lowest BCUT2D eigenvalue weighted by atomic mass is 10.1. The van der Waals surface area contributed by atoms with Crippen LogP contribution >= 0.6 is 15.9 Å². The predicted octanol–water partition coefficient (Wildman–Crippen LogP) is 5.05. The first kappa shape index (κ1) is 13.2. The molecule has 0 bridgehead atoms. The minimum Gasteiger partial charge on any atom is -0.342 e. The molecule has 94 valence electrons. The van der Waals surface area contributed by atoms with Crippen LogP contribution in [0.1, 0.15) is 18.1 Å². The first-order valence-corrected chi connectivity index (χ1v) is 7.36. The molecule has 2 aromatic rings. The van der Waals surface area contributed by atoms with Gasteiger partial charge >= 0.3 is 0 Å². The Kier molecular flexibility index (Phi) is 4.43. The van der Waals surface area contributed by atoms with Crippen LogP contribution in [-0.2, 0) is 5.33 Å². The van der Waals surface area contributed by atoms with Gasteiger partial charge in [0.1, 0.15) is 0 Å². The molecule has 0 N–H and O–H groups in total.